The van der Waals surface area contributed by atoms with Gasteiger partial charge in [-0.2, -0.15) is 17.6 Å². The molecule has 1 saturated heterocycles. The molecule has 1 amide bonds. The van der Waals surface area contributed by atoms with Crippen LogP contribution in [0.3, 0.4) is 0 Å². The van der Waals surface area contributed by atoms with Crippen molar-refractivity contribution in [2.24, 2.45) is 5.41 Å². The molecule has 52 heavy (non-hydrogen) atoms. The molecule has 1 aliphatic carbocycles. The van der Waals surface area contributed by atoms with Crippen LogP contribution >= 0.6 is 0 Å². The van der Waals surface area contributed by atoms with Crippen LogP contribution in [0.4, 0.5) is 23.2 Å². The number of amides is 1. The SMILES string of the molecule is CC/C(=C\C1(COc2ccc(/C(=C(/CC(F)(F)F)c3ccccc3)c3ccc(NC4CCCCO4)c(C(=N)F)c3)cn2)CC1)C/C=C/C(=O)N(C)C. The number of carbonyl (C=O) groups is 1. The lowest BCUT2D eigenvalue weighted by Gasteiger charge is -2.26. The fourth-order valence-electron chi connectivity index (χ4n) is 6.25. The van der Waals surface area contributed by atoms with Crippen molar-refractivity contribution in [3.8, 4) is 5.88 Å². The van der Waals surface area contributed by atoms with E-state index in [0.29, 0.717) is 54.3 Å². The molecule has 276 valence electrons. The Morgan fingerprint density at radius 2 is 1.83 bits per heavy atom. The molecule has 1 atom stereocenters. The number of anilines is 1. The maximum absolute atomic E-state index is 14.8. The van der Waals surface area contributed by atoms with E-state index in [1.807, 2.05) is 6.08 Å². The van der Waals surface area contributed by atoms with Crippen molar-refractivity contribution in [3.05, 3.63) is 113 Å². The molecule has 0 radical (unpaired) electrons. The van der Waals surface area contributed by atoms with Crippen LogP contribution < -0.4 is 10.1 Å². The lowest BCUT2D eigenvalue weighted by molar-refractivity contribution is -0.124. The van der Waals surface area contributed by atoms with E-state index in [0.717, 1.165) is 32.1 Å². The maximum Gasteiger partial charge on any atom is 0.393 e. The van der Waals surface area contributed by atoms with Crippen LogP contribution in [-0.4, -0.2) is 61.5 Å². The van der Waals surface area contributed by atoms with E-state index >= 15 is 0 Å². The molecule has 0 bridgehead atoms. The summed E-state index contributed by atoms with van der Waals surface area (Å²) in [6.07, 6.45) is 6.97. The summed E-state index contributed by atoms with van der Waals surface area (Å²) in [5.41, 5.74) is 2.58. The number of likely N-dealkylation sites (N-methyl/N-ethyl adjacent to an activating group) is 1. The van der Waals surface area contributed by atoms with E-state index in [2.05, 4.69) is 23.3 Å². The van der Waals surface area contributed by atoms with Gasteiger partial charge in [-0.3, -0.25) is 10.2 Å². The molecule has 2 heterocycles. The Balaban J connectivity index is 1.46. The summed E-state index contributed by atoms with van der Waals surface area (Å²) in [6, 6.07) is 16.2. The Morgan fingerprint density at radius 3 is 2.42 bits per heavy atom. The fraction of sp³-hybridized carbons (Fsp3) is 0.390. The van der Waals surface area contributed by atoms with Gasteiger partial charge in [0, 0.05) is 49.6 Å². The van der Waals surface area contributed by atoms with Crippen molar-refractivity contribution in [1.82, 2.24) is 9.88 Å². The van der Waals surface area contributed by atoms with Crippen molar-refractivity contribution in [1.29, 1.82) is 5.41 Å². The van der Waals surface area contributed by atoms with Gasteiger partial charge >= 0.3 is 6.18 Å². The minimum atomic E-state index is -4.55. The van der Waals surface area contributed by atoms with Crippen molar-refractivity contribution < 1.29 is 31.8 Å². The largest absolute Gasteiger partial charge is 0.477 e. The van der Waals surface area contributed by atoms with Crippen LogP contribution in [0.2, 0.25) is 0 Å². The van der Waals surface area contributed by atoms with Crippen molar-refractivity contribution in [3.63, 3.8) is 0 Å². The second-order valence-electron chi connectivity index (χ2n) is 13.6. The molecule has 7 nitrogen and oxygen atoms in total. The highest BCUT2D eigenvalue weighted by atomic mass is 19.4. The number of benzene rings is 2. The number of rotatable bonds is 15. The predicted octanol–water partition coefficient (Wildman–Crippen LogP) is 9.76. The minimum absolute atomic E-state index is 0.00766. The highest BCUT2D eigenvalue weighted by Crippen LogP contribution is 2.48. The number of nitrogens with zero attached hydrogens (tertiary/aromatic N) is 2. The number of carbonyl (C=O) groups excluding carboxylic acids is 1. The van der Waals surface area contributed by atoms with Gasteiger partial charge in [0.25, 0.3) is 0 Å². The molecule has 3 aromatic rings. The molecule has 2 aliphatic rings. The topological polar surface area (TPSA) is 87.5 Å². The second-order valence-corrected chi connectivity index (χ2v) is 13.6. The molecule has 1 aromatic heterocycles. The quantitative estimate of drug-likeness (QED) is 0.0537. The number of pyridine rings is 1. The monoisotopic (exact) mass is 718 g/mol. The van der Waals surface area contributed by atoms with Crippen molar-refractivity contribution in [2.45, 2.75) is 70.7 Å². The van der Waals surface area contributed by atoms with E-state index in [9.17, 15) is 22.4 Å². The van der Waals surface area contributed by atoms with E-state index < -0.39 is 18.6 Å². The first kappa shape index (κ1) is 38.5. The lowest BCUT2D eigenvalue weighted by Crippen LogP contribution is -2.27. The van der Waals surface area contributed by atoms with E-state index in [4.69, 9.17) is 14.9 Å². The first-order valence-corrected chi connectivity index (χ1v) is 17.7. The zero-order chi connectivity index (χ0) is 37.3. The number of allylic oxidation sites excluding steroid dienone is 3. The molecule has 2 fully saturated rings. The van der Waals surface area contributed by atoms with Crippen molar-refractivity contribution in [2.75, 3.05) is 32.6 Å². The van der Waals surface area contributed by atoms with Crippen LogP contribution in [0.5, 0.6) is 5.88 Å². The van der Waals surface area contributed by atoms with E-state index in [1.54, 1.807) is 74.8 Å². The van der Waals surface area contributed by atoms with Gasteiger partial charge in [0.2, 0.25) is 17.8 Å². The summed E-state index contributed by atoms with van der Waals surface area (Å²) in [5.74, 6) is -0.957. The number of ether oxygens (including phenoxy) is 2. The van der Waals surface area contributed by atoms with Crippen LogP contribution in [0, 0.1) is 10.8 Å². The maximum atomic E-state index is 14.8. The Bertz CT molecular complexity index is 1790. The van der Waals surface area contributed by atoms with Gasteiger partial charge < -0.3 is 19.7 Å². The van der Waals surface area contributed by atoms with Crippen LogP contribution in [-0.2, 0) is 9.53 Å². The molecule has 11 heteroatoms. The summed E-state index contributed by atoms with van der Waals surface area (Å²) < 4.78 is 69.4. The third-order valence-corrected chi connectivity index (χ3v) is 9.31. The summed E-state index contributed by atoms with van der Waals surface area (Å²) in [4.78, 5) is 17.9. The molecule has 5 rings (SSSR count). The summed E-state index contributed by atoms with van der Waals surface area (Å²) in [5, 5.41) is 11.1. The van der Waals surface area contributed by atoms with Crippen LogP contribution in [0.25, 0.3) is 11.1 Å². The Labute approximate surface area is 302 Å². The average Bonchev–Trinajstić information content (AvgIpc) is 3.90. The number of aromatic nitrogens is 1. The molecule has 0 spiro atoms. The Hall–Kier alpha value is -4.77. The third-order valence-electron chi connectivity index (χ3n) is 9.31. The highest BCUT2D eigenvalue weighted by Gasteiger charge is 2.41. The van der Waals surface area contributed by atoms with Gasteiger partial charge in [-0.15, -0.1) is 0 Å². The number of nitrogens with one attached hydrogen (secondary N) is 2. The first-order chi connectivity index (χ1) is 24.9. The van der Waals surface area contributed by atoms with E-state index in [-0.39, 0.29) is 34.3 Å². The normalized spacial score (nSPS) is 17.8. The molecule has 1 unspecified atom stereocenters. The summed E-state index contributed by atoms with van der Waals surface area (Å²) in [6.45, 7) is 3.02. The summed E-state index contributed by atoms with van der Waals surface area (Å²) in [7, 11) is 3.42. The first-order valence-electron chi connectivity index (χ1n) is 17.7. The Morgan fingerprint density at radius 1 is 1.08 bits per heavy atom. The third kappa shape index (κ3) is 10.6. The standard InChI is InChI=1S/C41H46F4N4O3/c1-4-28(11-10-15-37(50)49(2)3)24-40(20-21-40)27-52-35-19-17-31(26-47-35)38(33(25-41(43,44)45)29-12-6-5-7-13-29)30-16-18-34(32(23-30)39(42)46)48-36-14-8-9-22-51-36/h5-7,10,12-13,15-19,23-24,26,36,46,48H,4,8-9,11,14,20-22,25,27H2,1-3H3/b15-10+,28-24+,38-33-,46-39?. The van der Waals surface area contributed by atoms with Gasteiger partial charge in [0.15, 0.2) is 0 Å². The smallest absolute Gasteiger partial charge is 0.393 e. The van der Waals surface area contributed by atoms with Gasteiger partial charge in [0.1, 0.15) is 6.23 Å². The lowest BCUT2D eigenvalue weighted by atomic mass is 9.87. The molecule has 1 aliphatic heterocycles. The van der Waals surface area contributed by atoms with Gasteiger partial charge in [-0.1, -0.05) is 61.0 Å². The van der Waals surface area contributed by atoms with Gasteiger partial charge in [0.05, 0.1) is 18.6 Å². The average molecular weight is 719 g/mol. The highest BCUT2D eigenvalue weighted by molar-refractivity contribution is 6.02. The number of hydrogen-bond donors (Lipinski definition) is 2. The molecule has 1 saturated carbocycles. The van der Waals surface area contributed by atoms with Gasteiger partial charge in [-0.25, -0.2) is 4.98 Å². The molecular weight excluding hydrogens is 672 g/mol. The number of alkyl halides is 3. The number of halogens is 4. The number of hydrogen-bond acceptors (Lipinski definition) is 6. The van der Waals surface area contributed by atoms with Crippen LogP contribution in [0.15, 0.2) is 90.7 Å². The van der Waals surface area contributed by atoms with Crippen molar-refractivity contribution >= 4 is 28.7 Å². The zero-order valence-electron chi connectivity index (χ0n) is 29.9. The van der Waals surface area contributed by atoms with E-state index in [1.165, 1.54) is 22.7 Å². The fourth-order valence-corrected chi connectivity index (χ4v) is 6.25. The zero-order valence-corrected chi connectivity index (χ0v) is 29.9. The van der Waals surface area contributed by atoms with Crippen LogP contribution in [0.1, 0.15) is 80.5 Å². The summed E-state index contributed by atoms with van der Waals surface area (Å²) >= 11 is 0. The van der Waals surface area contributed by atoms with Gasteiger partial charge in [-0.05, 0) is 91.5 Å². The molecule has 2 aromatic carbocycles. The molecular formula is C41H46F4N4O3. The minimum Gasteiger partial charge on any atom is -0.477 e. The predicted molar refractivity (Wildman–Crippen MR) is 197 cm³/mol. The molecule has 2 N–H and O–H groups in total. The second kappa shape index (κ2) is 17.2. The Kier molecular flexibility index (Phi) is 12.7.